The quantitative estimate of drug-likeness (QED) is 0.868. The molecule has 0 radical (unpaired) electrons. The summed E-state index contributed by atoms with van der Waals surface area (Å²) in [5, 5.41) is 0. The van der Waals surface area contributed by atoms with Gasteiger partial charge < -0.3 is 0 Å². The number of aromatic nitrogens is 2. The second kappa shape index (κ2) is 5.72. The highest BCUT2D eigenvalue weighted by Crippen LogP contribution is 2.37. The van der Waals surface area contributed by atoms with Gasteiger partial charge in [-0.3, -0.25) is 9.52 Å². The van der Waals surface area contributed by atoms with Crippen LogP contribution in [0.15, 0.2) is 42.7 Å². The molecule has 114 valence electrons. The molecule has 0 atom stereocenters. The van der Waals surface area contributed by atoms with Crippen molar-refractivity contribution in [2.75, 3.05) is 4.72 Å². The molecule has 0 bridgehead atoms. The van der Waals surface area contributed by atoms with Crippen molar-refractivity contribution in [1.29, 1.82) is 0 Å². The van der Waals surface area contributed by atoms with E-state index in [2.05, 4.69) is 14.7 Å². The topological polar surface area (TPSA) is 101 Å². The maximum absolute atomic E-state index is 11.9. The third-order valence-corrected chi connectivity index (χ3v) is 4.09. The molecule has 7 nitrogen and oxygen atoms in total. The van der Waals surface area contributed by atoms with E-state index >= 15 is 0 Å². The minimum absolute atomic E-state index is 0.0998. The van der Waals surface area contributed by atoms with Gasteiger partial charge in [-0.2, -0.15) is 8.42 Å². The lowest BCUT2D eigenvalue weighted by Gasteiger charge is -2.09. The Morgan fingerprint density at radius 1 is 1.09 bits per heavy atom. The summed E-state index contributed by atoms with van der Waals surface area (Å²) < 4.78 is 28.0. The Hall–Kier alpha value is -2.48. The Balaban J connectivity index is 1.67. The van der Waals surface area contributed by atoms with Crippen molar-refractivity contribution in [2.24, 2.45) is 0 Å². The van der Waals surface area contributed by atoms with Gasteiger partial charge in [-0.25, -0.2) is 14.7 Å². The van der Waals surface area contributed by atoms with E-state index in [0.29, 0.717) is 17.4 Å². The number of anilines is 1. The van der Waals surface area contributed by atoms with Crippen LogP contribution in [0.1, 0.15) is 34.9 Å². The van der Waals surface area contributed by atoms with E-state index in [9.17, 15) is 13.2 Å². The smallest absolute Gasteiger partial charge is 0.268 e. The van der Waals surface area contributed by atoms with E-state index in [-0.39, 0.29) is 5.56 Å². The Bertz CT molecular complexity index is 771. The number of nitrogens with one attached hydrogen (secondary N) is 2. The normalized spacial score (nSPS) is 14.4. The zero-order valence-electron chi connectivity index (χ0n) is 11.6. The van der Waals surface area contributed by atoms with Crippen LogP contribution in [0.5, 0.6) is 0 Å². The van der Waals surface area contributed by atoms with Gasteiger partial charge in [0.25, 0.3) is 5.91 Å². The number of carbonyl (C=O) groups is 1. The predicted octanol–water partition coefficient (Wildman–Crippen LogP) is 1.44. The Kier molecular flexibility index (Phi) is 3.76. The van der Waals surface area contributed by atoms with Gasteiger partial charge >= 0.3 is 10.2 Å². The largest absolute Gasteiger partial charge is 0.323 e. The van der Waals surface area contributed by atoms with Gasteiger partial charge in [-0.05, 0) is 25.0 Å². The van der Waals surface area contributed by atoms with E-state index in [1.807, 2.05) is 4.72 Å². The summed E-state index contributed by atoms with van der Waals surface area (Å²) in [6.45, 7) is 0. The van der Waals surface area contributed by atoms with Crippen molar-refractivity contribution < 1.29 is 13.2 Å². The number of para-hydroxylation sites is 1. The molecule has 8 heteroatoms. The van der Waals surface area contributed by atoms with Crippen molar-refractivity contribution in [1.82, 2.24) is 14.7 Å². The van der Waals surface area contributed by atoms with E-state index < -0.39 is 16.1 Å². The molecule has 2 aromatic rings. The van der Waals surface area contributed by atoms with Gasteiger partial charge in [0.2, 0.25) is 0 Å². The molecule has 1 aliphatic carbocycles. The molecular formula is C14H14N4O3S. The van der Waals surface area contributed by atoms with Crippen LogP contribution in [0, 0.1) is 0 Å². The predicted molar refractivity (Wildman–Crippen MR) is 80.5 cm³/mol. The third-order valence-electron chi connectivity index (χ3n) is 3.13. The second-order valence-electron chi connectivity index (χ2n) is 5.01. The van der Waals surface area contributed by atoms with E-state index in [0.717, 1.165) is 12.8 Å². The van der Waals surface area contributed by atoms with Gasteiger partial charge in [0.15, 0.2) is 0 Å². The number of carbonyl (C=O) groups excluding carboxylic acids is 1. The highest BCUT2D eigenvalue weighted by Gasteiger charge is 2.26. The molecule has 0 aliphatic heterocycles. The van der Waals surface area contributed by atoms with Gasteiger partial charge in [-0.1, -0.05) is 18.2 Å². The van der Waals surface area contributed by atoms with Crippen molar-refractivity contribution >= 4 is 21.8 Å². The fourth-order valence-corrected chi connectivity index (χ4v) is 2.73. The van der Waals surface area contributed by atoms with Crippen molar-refractivity contribution in [2.45, 2.75) is 18.8 Å². The Morgan fingerprint density at radius 2 is 1.73 bits per heavy atom. The molecule has 0 unspecified atom stereocenters. The number of nitrogens with zero attached hydrogens (tertiary/aromatic N) is 2. The molecule has 3 rings (SSSR count). The number of benzene rings is 1. The molecule has 2 N–H and O–H groups in total. The first kappa shape index (κ1) is 14.5. The number of amides is 1. The molecule has 1 amide bonds. The van der Waals surface area contributed by atoms with Crippen LogP contribution < -0.4 is 9.44 Å². The summed E-state index contributed by atoms with van der Waals surface area (Å²) in [7, 11) is -4.00. The molecule has 1 aromatic heterocycles. The molecule has 0 spiro atoms. The molecule has 0 saturated heterocycles. The monoisotopic (exact) mass is 318 g/mol. The van der Waals surface area contributed by atoms with Gasteiger partial charge in [-0.15, -0.1) is 0 Å². The van der Waals surface area contributed by atoms with E-state index in [1.54, 1.807) is 30.3 Å². The third kappa shape index (κ3) is 3.59. The number of hydrogen-bond acceptors (Lipinski definition) is 5. The first-order chi connectivity index (χ1) is 10.5. The standard InChI is InChI=1S/C14H14N4O3S/c19-14(11-8-15-13(16-9-11)10-6-7-10)18-22(20,21)17-12-4-2-1-3-5-12/h1-5,8-10,17H,6-7H2,(H,18,19). The molecule has 1 heterocycles. The molecular weight excluding hydrogens is 304 g/mol. The summed E-state index contributed by atoms with van der Waals surface area (Å²) in [5.74, 6) is 0.299. The molecule has 1 fully saturated rings. The van der Waals surface area contributed by atoms with Crippen LogP contribution >= 0.6 is 0 Å². The van der Waals surface area contributed by atoms with Gasteiger partial charge in [0.1, 0.15) is 5.82 Å². The minimum atomic E-state index is -4.00. The van der Waals surface area contributed by atoms with Crippen LogP contribution in [-0.2, 0) is 10.2 Å². The van der Waals surface area contributed by atoms with E-state index in [1.165, 1.54) is 12.4 Å². The molecule has 1 saturated carbocycles. The van der Waals surface area contributed by atoms with Crippen LogP contribution in [0.3, 0.4) is 0 Å². The van der Waals surface area contributed by atoms with E-state index in [4.69, 9.17) is 0 Å². The second-order valence-corrected chi connectivity index (χ2v) is 6.42. The maximum atomic E-state index is 11.9. The highest BCUT2D eigenvalue weighted by molar-refractivity contribution is 7.91. The molecule has 1 aliphatic rings. The zero-order chi connectivity index (χ0) is 15.6. The average molecular weight is 318 g/mol. The zero-order valence-corrected chi connectivity index (χ0v) is 12.4. The fraction of sp³-hybridized carbons (Fsp3) is 0.214. The fourth-order valence-electron chi connectivity index (χ4n) is 1.88. The van der Waals surface area contributed by atoms with Crippen molar-refractivity contribution in [3.05, 3.63) is 54.1 Å². The average Bonchev–Trinajstić information content (AvgIpc) is 3.32. The lowest BCUT2D eigenvalue weighted by Crippen LogP contribution is -2.35. The lowest BCUT2D eigenvalue weighted by atomic mass is 10.3. The molecule has 1 aromatic carbocycles. The van der Waals surface area contributed by atoms with Crippen LogP contribution in [-0.4, -0.2) is 24.3 Å². The lowest BCUT2D eigenvalue weighted by molar-refractivity contribution is 0.0981. The summed E-state index contributed by atoms with van der Waals surface area (Å²) in [5.41, 5.74) is 0.464. The van der Waals surface area contributed by atoms with Gasteiger partial charge in [0.05, 0.1) is 11.3 Å². The first-order valence-corrected chi connectivity index (χ1v) is 8.24. The molecule has 22 heavy (non-hydrogen) atoms. The Morgan fingerprint density at radius 3 is 2.32 bits per heavy atom. The summed E-state index contributed by atoms with van der Waals surface area (Å²) in [6, 6.07) is 8.29. The van der Waals surface area contributed by atoms with Crippen molar-refractivity contribution in [3.8, 4) is 0 Å². The number of rotatable bonds is 5. The van der Waals surface area contributed by atoms with Gasteiger partial charge in [0, 0.05) is 18.3 Å². The van der Waals surface area contributed by atoms with Crippen molar-refractivity contribution in [3.63, 3.8) is 0 Å². The van der Waals surface area contributed by atoms with Crippen LogP contribution in [0.2, 0.25) is 0 Å². The first-order valence-electron chi connectivity index (χ1n) is 6.75. The summed E-state index contributed by atoms with van der Waals surface area (Å²) in [6.07, 6.45) is 4.80. The van der Waals surface area contributed by atoms with Crippen LogP contribution in [0.4, 0.5) is 5.69 Å². The number of hydrogen-bond donors (Lipinski definition) is 2. The highest BCUT2D eigenvalue weighted by atomic mass is 32.2. The SMILES string of the molecule is O=C(NS(=O)(=O)Nc1ccccc1)c1cnc(C2CC2)nc1. The maximum Gasteiger partial charge on any atom is 0.323 e. The summed E-state index contributed by atoms with van der Waals surface area (Å²) in [4.78, 5) is 20.1. The summed E-state index contributed by atoms with van der Waals surface area (Å²) >= 11 is 0. The minimum Gasteiger partial charge on any atom is -0.268 e. The van der Waals surface area contributed by atoms with Crippen LogP contribution in [0.25, 0.3) is 0 Å². The Labute approximate surface area is 128 Å².